The maximum absolute atomic E-state index is 12.7. The van der Waals surface area contributed by atoms with Crippen molar-refractivity contribution in [1.29, 1.82) is 0 Å². The van der Waals surface area contributed by atoms with Gasteiger partial charge in [-0.1, -0.05) is 0 Å². The summed E-state index contributed by atoms with van der Waals surface area (Å²) in [5.41, 5.74) is 5.53. The van der Waals surface area contributed by atoms with Crippen molar-refractivity contribution in [3.8, 4) is 0 Å². The van der Waals surface area contributed by atoms with Gasteiger partial charge in [0.25, 0.3) is 5.91 Å². The van der Waals surface area contributed by atoms with E-state index in [1.807, 2.05) is 36.7 Å². The Hall–Kier alpha value is -2.56. The molecular formula is C19H22N4O. The van der Waals surface area contributed by atoms with Gasteiger partial charge in [-0.25, -0.2) is 4.68 Å². The molecule has 124 valence electrons. The first-order valence-electron chi connectivity index (χ1n) is 8.64. The molecule has 24 heavy (non-hydrogen) atoms. The zero-order valence-electron chi connectivity index (χ0n) is 14.1. The molecule has 0 bridgehead atoms. The molecule has 4 rings (SSSR count). The Morgan fingerprint density at radius 2 is 2.17 bits per heavy atom. The Labute approximate surface area is 141 Å². The molecular weight excluding hydrogens is 300 g/mol. The van der Waals surface area contributed by atoms with Crippen molar-refractivity contribution in [2.45, 2.75) is 46.1 Å². The van der Waals surface area contributed by atoms with Crippen LogP contribution in [-0.4, -0.2) is 20.7 Å². The van der Waals surface area contributed by atoms with Gasteiger partial charge in [0.05, 0.1) is 6.20 Å². The summed E-state index contributed by atoms with van der Waals surface area (Å²) in [6.07, 6.45) is 6.46. The van der Waals surface area contributed by atoms with Crippen LogP contribution in [-0.2, 0) is 19.4 Å². The van der Waals surface area contributed by atoms with E-state index < -0.39 is 0 Å². The minimum Gasteiger partial charge on any atom is -0.358 e. The number of hydrogen-bond donors (Lipinski definition) is 2. The minimum absolute atomic E-state index is 0.0824. The van der Waals surface area contributed by atoms with Gasteiger partial charge in [0.1, 0.15) is 5.82 Å². The fraction of sp³-hybridized carbons (Fsp3) is 0.368. The Balaban J connectivity index is 1.68. The van der Waals surface area contributed by atoms with E-state index in [9.17, 15) is 4.79 Å². The van der Waals surface area contributed by atoms with Crippen molar-refractivity contribution in [1.82, 2.24) is 14.8 Å². The maximum atomic E-state index is 12.7. The van der Waals surface area contributed by atoms with E-state index >= 15 is 0 Å². The van der Waals surface area contributed by atoms with Crippen LogP contribution in [0.5, 0.6) is 0 Å². The molecule has 5 nitrogen and oxygen atoms in total. The van der Waals surface area contributed by atoms with Gasteiger partial charge in [0.15, 0.2) is 0 Å². The van der Waals surface area contributed by atoms with Crippen LogP contribution in [0.25, 0.3) is 10.9 Å². The Bertz CT molecular complexity index is 919. The summed E-state index contributed by atoms with van der Waals surface area (Å²) in [4.78, 5) is 16.2. The van der Waals surface area contributed by atoms with Crippen molar-refractivity contribution in [3.63, 3.8) is 0 Å². The third-order valence-corrected chi connectivity index (χ3v) is 4.91. The van der Waals surface area contributed by atoms with Crippen LogP contribution < -0.4 is 5.32 Å². The molecule has 0 atom stereocenters. The molecule has 0 fully saturated rings. The van der Waals surface area contributed by atoms with Crippen molar-refractivity contribution in [2.24, 2.45) is 0 Å². The summed E-state index contributed by atoms with van der Waals surface area (Å²) in [6, 6.07) is 5.93. The average Bonchev–Trinajstić information content (AvgIpc) is 3.15. The molecule has 0 unspecified atom stereocenters. The van der Waals surface area contributed by atoms with Crippen LogP contribution in [0.2, 0.25) is 0 Å². The number of aromatic nitrogens is 3. The number of hydrogen-bond acceptors (Lipinski definition) is 2. The van der Waals surface area contributed by atoms with Gasteiger partial charge < -0.3 is 10.3 Å². The third kappa shape index (κ3) is 2.40. The summed E-state index contributed by atoms with van der Waals surface area (Å²) in [6.45, 7) is 4.70. The normalized spacial score (nSPS) is 13.9. The van der Waals surface area contributed by atoms with Crippen LogP contribution in [0.4, 0.5) is 5.82 Å². The highest BCUT2D eigenvalue weighted by atomic mass is 16.1. The van der Waals surface area contributed by atoms with E-state index in [1.54, 1.807) is 6.20 Å². The van der Waals surface area contributed by atoms with E-state index in [0.717, 1.165) is 36.3 Å². The molecule has 0 saturated carbocycles. The molecule has 0 saturated heterocycles. The number of nitrogens with one attached hydrogen (secondary N) is 2. The molecule has 0 spiro atoms. The topological polar surface area (TPSA) is 62.7 Å². The van der Waals surface area contributed by atoms with Crippen LogP contribution in [0.1, 0.15) is 46.9 Å². The van der Waals surface area contributed by atoms with Crippen LogP contribution in [0.15, 0.2) is 24.4 Å². The quantitative estimate of drug-likeness (QED) is 0.770. The predicted molar refractivity (Wildman–Crippen MR) is 95.5 cm³/mol. The summed E-state index contributed by atoms with van der Waals surface area (Å²) in [7, 11) is 0. The molecule has 2 aromatic heterocycles. The molecule has 3 aromatic rings. The molecule has 1 aliphatic carbocycles. The largest absolute Gasteiger partial charge is 0.358 e. The third-order valence-electron chi connectivity index (χ3n) is 4.91. The monoisotopic (exact) mass is 322 g/mol. The second-order valence-electron chi connectivity index (χ2n) is 6.50. The molecule has 1 aliphatic rings. The predicted octanol–water partition coefficient (Wildman–Crippen LogP) is 3.82. The highest BCUT2D eigenvalue weighted by molar-refractivity contribution is 6.06. The zero-order chi connectivity index (χ0) is 16.7. The maximum Gasteiger partial charge on any atom is 0.256 e. The number of aryl methyl sites for hydroxylation is 4. The molecule has 1 aromatic carbocycles. The number of benzene rings is 1. The van der Waals surface area contributed by atoms with E-state index in [-0.39, 0.29) is 5.91 Å². The number of H-pyrrole nitrogens is 1. The van der Waals surface area contributed by atoms with E-state index in [1.165, 1.54) is 29.5 Å². The van der Waals surface area contributed by atoms with Crippen LogP contribution >= 0.6 is 0 Å². The molecule has 2 heterocycles. The van der Waals surface area contributed by atoms with Crippen LogP contribution in [0, 0.1) is 6.92 Å². The minimum atomic E-state index is -0.0824. The number of anilines is 1. The first kappa shape index (κ1) is 15.0. The SMILES string of the molecule is CCn1ncc(C)c1NC(=O)c1ccc2[nH]c3c(c2c1)CCCC3. The fourth-order valence-corrected chi connectivity index (χ4v) is 3.61. The standard InChI is InChI=1S/C19H22N4O/c1-3-23-18(12(2)11-20-23)22-19(24)13-8-9-17-15(10-13)14-6-4-5-7-16(14)21-17/h8-11,21H,3-7H2,1-2H3,(H,22,24). The van der Waals surface area contributed by atoms with Gasteiger partial charge in [-0.05, 0) is 63.3 Å². The Kier molecular flexibility index (Phi) is 3.63. The lowest BCUT2D eigenvalue weighted by atomic mass is 9.95. The van der Waals surface area contributed by atoms with Gasteiger partial charge in [0.2, 0.25) is 0 Å². The Morgan fingerprint density at radius 1 is 1.33 bits per heavy atom. The lowest BCUT2D eigenvalue weighted by molar-refractivity contribution is 0.102. The molecule has 0 radical (unpaired) electrons. The molecule has 2 N–H and O–H groups in total. The van der Waals surface area contributed by atoms with Gasteiger partial charge in [0, 0.05) is 34.3 Å². The molecule has 1 amide bonds. The first-order chi connectivity index (χ1) is 11.7. The average molecular weight is 322 g/mol. The van der Waals surface area contributed by atoms with Gasteiger partial charge in [-0.15, -0.1) is 0 Å². The summed E-state index contributed by atoms with van der Waals surface area (Å²) in [5.74, 6) is 0.694. The number of carbonyl (C=O) groups is 1. The number of rotatable bonds is 3. The van der Waals surface area contributed by atoms with Gasteiger partial charge in [-0.2, -0.15) is 5.10 Å². The number of nitrogens with zero attached hydrogens (tertiary/aromatic N) is 2. The fourth-order valence-electron chi connectivity index (χ4n) is 3.61. The van der Waals surface area contributed by atoms with Crippen molar-refractivity contribution < 1.29 is 4.79 Å². The van der Waals surface area contributed by atoms with Gasteiger partial charge in [-0.3, -0.25) is 4.79 Å². The van der Waals surface area contributed by atoms with Crippen molar-refractivity contribution in [3.05, 3.63) is 46.8 Å². The van der Waals surface area contributed by atoms with Crippen molar-refractivity contribution >= 4 is 22.6 Å². The molecule has 0 aliphatic heterocycles. The highest BCUT2D eigenvalue weighted by Crippen LogP contribution is 2.30. The first-order valence-corrected chi connectivity index (χ1v) is 8.64. The number of amides is 1. The van der Waals surface area contributed by atoms with E-state index in [2.05, 4.69) is 15.4 Å². The van der Waals surface area contributed by atoms with Crippen molar-refractivity contribution in [2.75, 3.05) is 5.32 Å². The second-order valence-corrected chi connectivity index (χ2v) is 6.50. The number of carbonyl (C=O) groups excluding carboxylic acids is 1. The number of aromatic amines is 1. The second kappa shape index (κ2) is 5.82. The summed E-state index contributed by atoms with van der Waals surface area (Å²) in [5, 5.41) is 8.48. The lowest BCUT2D eigenvalue weighted by Crippen LogP contribution is -2.16. The van der Waals surface area contributed by atoms with Crippen LogP contribution in [0.3, 0.4) is 0 Å². The Morgan fingerprint density at radius 3 is 3.00 bits per heavy atom. The zero-order valence-corrected chi connectivity index (χ0v) is 14.1. The highest BCUT2D eigenvalue weighted by Gasteiger charge is 2.17. The van der Waals surface area contributed by atoms with E-state index in [0.29, 0.717) is 5.56 Å². The number of fused-ring (bicyclic) bond motifs is 3. The molecule has 5 heteroatoms. The summed E-state index contributed by atoms with van der Waals surface area (Å²) < 4.78 is 1.81. The lowest BCUT2D eigenvalue weighted by Gasteiger charge is -2.11. The summed E-state index contributed by atoms with van der Waals surface area (Å²) >= 11 is 0. The smallest absolute Gasteiger partial charge is 0.256 e. The van der Waals surface area contributed by atoms with Gasteiger partial charge >= 0.3 is 0 Å². The van der Waals surface area contributed by atoms with E-state index in [4.69, 9.17) is 0 Å².